The van der Waals surface area contributed by atoms with Gasteiger partial charge in [-0.1, -0.05) is 0 Å². The van der Waals surface area contributed by atoms with Crippen LogP contribution in [0.3, 0.4) is 0 Å². The van der Waals surface area contributed by atoms with Crippen LogP contribution >= 0.6 is 0 Å². The quantitative estimate of drug-likeness (QED) is 0.682. The zero-order valence-electron chi connectivity index (χ0n) is 8.22. The third-order valence-corrected chi connectivity index (χ3v) is 6.42. The summed E-state index contributed by atoms with van der Waals surface area (Å²) in [6.07, 6.45) is 2.38. The Morgan fingerprint density at radius 2 is 1.50 bits per heavy atom. The Balaban J connectivity index is 1.78. The van der Waals surface area contributed by atoms with E-state index in [9.17, 15) is 8.42 Å². The minimum Gasteiger partial charge on any atom is -0.330 e. The van der Waals surface area contributed by atoms with Gasteiger partial charge in [-0.2, -0.15) is 0 Å². The van der Waals surface area contributed by atoms with Crippen LogP contribution < -0.4 is 5.73 Å². The first kappa shape index (κ1) is 9.16. The van der Waals surface area contributed by atoms with Crippen LogP contribution in [0, 0.1) is 29.6 Å². The van der Waals surface area contributed by atoms with E-state index in [0.717, 1.165) is 6.54 Å². The third-order valence-electron chi connectivity index (χ3n) is 4.64. The van der Waals surface area contributed by atoms with Gasteiger partial charge >= 0.3 is 0 Å². The van der Waals surface area contributed by atoms with E-state index in [1.54, 1.807) is 0 Å². The summed E-state index contributed by atoms with van der Waals surface area (Å²) in [4.78, 5) is 0. The second-order valence-electron chi connectivity index (χ2n) is 5.31. The van der Waals surface area contributed by atoms with Gasteiger partial charge in [0.05, 0.1) is 11.5 Å². The molecular formula is C10H17NO2S. The van der Waals surface area contributed by atoms with Crippen molar-refractivity contribution in [2.75, 3.05) is 18.1 Å². The molecule has 0 radical (unpaired) electrons. The van der Waals surface area contributed by atoms with E-state index >= 15 is 0 Å². The van der Waals surface area contributed by atoms with Crippen LogP contribution in [0.5, 0.6) is 0 Å². The summed E-state index contributed by atoms with van der Waals surface area (Å²) >= 11 is 0. The highest BCUT2D eigenvalue weighted by atomic mass is 32.2. The van der Waals surface area contributed by atoms with Crippen LogP contribution in [-0.4, -0.2) is 26.5 Å². The molecule has 14 heavy (non-hydrogen) atoms. The smallest absolute Gasteiger partial charge is 0.150 e. The van der Waals surface area contributed by atoms with Gasteiger partial charge in [0.1, 0.15) is 0 Å². The molecule has 0 bridgehead atoms. The molecule has 0 aromatic heterocycles. The highest BCUT2D eigenvalue weighted by molar-refractivity contribution is 7.91. The molecule has 0 aromatic rings. The van der Waals surface area contributed by atoms with Crippen molar-refractivity contribution in [3.63, 3.8) is 0 Å². The molecular weight excluding hydrogens is 198 g/mol. The van der Waals surface area contributed by atoms with Crippen molar-refractivity contribution >= 4 is 9.84 Å². The van der Waals surface area contributed by atoms with Gasteiger partial charge in [-0.25, -0.2) is 8.42 Å². The van der Waals surface area contributed by atoms with Crippen molar-refractivity contribution in [3.05, 3.63) is 0 Å². The maximum atomic E-state index is 11.4. The summed E-state index contributed by atoms with van der Waals surface area (Å²) in [5.41, 5.74) is 5.67. The van der Waals surface area contributed by atoms with Gasteiger partial charge < -0.3 is 5.73 Å². The fourth-order valence-corrected chi connectivity index (χ4v) is 6.33. The first-order chi connectivity index (χ1) is 6.61. The Labute approximate surface area is 85.0 Å². The largest absolute Gasteiger partial charge is 0.330 e. The van der Waals surface area contributed by atoms with Gasteiger partial charge in [-0.3, -0.25) is 0 Å². The lowest BCUT2D eigenvalue weighted by Gasteiger charge is -2.44. The summed E-state index contributed by atoms with van der Waals surface area (Å²) in [6.45, 7) is 0.791. The van der Waals surface area contributed by atoms with Crippen molar-refractivity contribution in [2.24, 2.45) is 35.3 Å². The average Bonchev–Trinajstić information content (AvgIpc) is 2.62. The van der Waals surface area contributed by atoms with Crippen molar-refractivity contribution in [3.8, 4) is 0 Å². The van der Waals surface area contributed by atoms with E-state index in [4.69, 9.17) is 5.73 Å². The summed E-state index contributed by atoms with van der Waals surface area (Å²) in [7, 11) is -2.68. The fourth-order valence-electron chi connectivity index (χ4n) is 4.03. The molecule has 80 valence electrons. The average molecular weight is 215 g/mol. The molecule has 3 fully saturated rings. The Kier molecular flexibility index (Phi) is 1.78. The number of sulfone groups is 1. The summed E-state index contributed by atoms with van der Waals surface area (Å²) in [5, 5.41) is 0. The normalized spacial score (nSPS) is 53.6. The number of rotatable bonds is 1. The Morgan fingerprint density at radius 1 is 1.00 bits per heavy atom. The van der Waals surface area contributed by atoms with Crippen LogP contribution in [-0.2, 0) is 9.84 Å². The monoisotopic (exact) mass is 215 g/mol. The van der Waals surface area contributed by atoms with E-state index in [-0.39, 0.29) is 0 Å². The van der Waals surface area contributed by atoms with Crippen LogP contribution in [0.4, 0.5) is 0 Å². The van der Waals surface area contributed by atoms with Gasteiger partial charge in [-0.05, 0) is 49.0 Å². The zero-order valence-corrected chi connectivity index (χ0v) is 9.04. The molecule has 2 N–H and O–H groups in total. The second-order valence-corrected chi connectivity index (χ2v) is 7.46. The van der Waals surface area contributed by atoms with E-state index < -0.39 is 9.84 Å². The van der Waals surface area contributed by atoms with Gasteiger partial charge in [0.15, 0.2) is 9.84 Å². The zero-order chi connectivity index (χ0) is 9.92. The second kappa shape index (κ2) is 2.73. The number of nitrogens with two attached hydrogens (primary N) is 1. The molecule has 1 unspecified atom stereocenters. The van der Waals surface area contributed by atoms with Crippen molar-refractivity contribution in [1.29, 1.82) is 0 Å². The first-order valence-electron chi connectivity index (χ1n) is 5.51. The lowest BCUT2D eigenvalue weighted by Crippen LogP contribution is -2.42. The number of hydrogen-bond donors (Lipinski definition) is 1. The Hall–Kier alpha value is -0.0900. The van der Waals surface area contributed by atoms with E-state index in [0.29, 0.717) is 41.1 Å². The first-order valence-corrected chi connectivity index (χ1v) is 7.33. The predicted octanol–water partition coefficient (Wildman–Crippen LogP) is 0.262. The standard InChI is InChI=1S/C10H17NO2S/c11-3-6-1-7-8(2-6)10-5-14(12,13)4-9(7)10/h6-10H,1-5,11H2/t6?,7-,8+,9-,10-/m1/s1. The summed E-state index contributed by atoms with van der Waals surface area (Å²) in [5.74, 6) is 4.02. The molecule has 3 rings (SSSR count). The van der Waals surface area contributed by atoms with E-state index in [1.165, 1.54) is 12.8 Å². The van der Waals surface area contributed by atoms with Gasteiger partial charge in [0.2, 0.25) is 0 Å². The minimum atomic E-state index is -2.68. The van der Waals surface area contributed by atoms with Crippen LogP contribution in [0.2, 0.25) is 0 Å². The molecule has 5 atom stereocenters. The Bertz CT molecular complexity index is 325. The molecule has 2 saturated carbocycles. The number of hydrogen-bond acceptors (Lipinski definition) is 3. The molecule has 1 aliphatic heterocycles. The maximum absolute atomic E-state index is 11.4. The third kappa shape index (κ3) is 1.10. The Morgan fingerprint density at radius 3 is 1.93 bits per heavy atom. The van der Waals surface area contributed by atoms with Crippen LogP contribution in [0.25, 0.3) is 0 Å². The summed E-state index contributed by atoms with van der Waals surface area (Å²) < 4.78 is 22.9. The fraction of sp³-hybridized carbons (Fsp3) is 1.00. The van der Waals surface area contributed by atoms with Crippen LogP contribution in [0.1, 0.15) is 12.8 Å². The lowest BCUT2D eigenvalue weighted by molar-refractivity contribution is 0.0462. The van der Waals surface area contributed by atoms with Crippen LogP contribution in [0.15, 0.2) is 0 Å². The van der Waals surface area contributed by atoms with Crippen molar-refractivity contribution in [1.82, 2.24) is 0 Å². The highest BCUT2D eigenvalue weighted by Crippen LogP contribution is 2.60. The lowest BCUT2D eigenvalue weighted by atomic mass is 9.60. The van der Waals surface area contributed by atoms with Gasteiger partial charge in [-0.15, -0.1) is 0 Å². The molecule has 3 aliphatic rings. The topological polar surface area (TPSA) is 60.2 Å². The van der Waals surface area contributed by atoms with Gasteiger partial charge in [0, 0.05) is 0 Å². The van der Waals surface area contributed by atoms with Crippen molar-refractivity contribution < 1.29 is 8.42 Å². The molecule has 3 nitrogen and oxygen atoms in total. The van der Waals surface area contributed by atoms with E-state index in [1.807, 2.05) is 0 Å². The molecule has 1 heterocycles. The van der Waals surface area contributed by atoms with E-state index in [2.05, 4.69) is 0 Å². The van der Waals surface area contributed by atoms with Gasteiger partial charge in [0.25, 0.3) is 0 Å². The maximum Gasteiger partial charge on any atom is 0.150 e. The number of fused-ring (bicyclic) bond motifs is 4. The molecule has 0 aromatic carbocycles. The molecule has 4 heteroatoms. The molecule has 0 amide bonds. The molecule has 2 aliphatic carbocycles. The van der Waals surface area contributed by atoms with Crippen molar-refractivity contribution in [2.45, 2.75) is 12.8 Å². The summed E-state index contributed by atoms with van der Waals surface area (Å²) in [6, 6.07) is 0. The minimum absolute atomic E-state index is 0.468. The molecule has 1 saturated heterocycles. The molecule has 0 spiro atoms. The SMILES string of the molecule is NCC1C[C@@H]2[C@H](C1)[C@H]1CS(=O)(=O)C[C@H]21. The predicted molar refractivity (Wildman–Crippen MR) is 54.4 cm³/mol. The highest BCUT2D eigenvalue weighted by Gasteiger charge is 2.59.